The lowest BCUT2D eigenvalue weighted by molar-refractivity contribution is -0.117. The van der Waals surface area contributed by atoms with Gasteiger partial charge in [-0.1, -0.05) is 6.07 Å². The highest BCUT2D eigenvalue weighted by Crippen LogP contribution is 2.33. The molecule has 0 saturated heterocycles. The molecule has 1 aliphatic rings. The van der Waals surface area contributed by atoms with Crippen molar-refractivity contribution in [1.82, 2.24) is 4.90 Å². The van der Waals surface area contributed by atoms with Crippen molar-refractivity contribution in [2.45, 2.75) is 39.0 Å². The van der Waals surface area contributed by atoms with Gasteiger partial charge < -0.3 is 14.8 Å². The van der Waals surface area contributed by atoms with Crippen LogP contribution in [0.5, 0.6) is 11.5 Å². The number of amides is 1. The first-order chi connectivity index (χ1) is 14.3. The van der Waals surface area contributed by atoms with Gasteiger partial charge in [-0.25, -0.2) is 8.78 Å². The number of benzene rings is 2. The predicted octanol–water partition coefficient (Wildman–Crippen LogP) is 4.57. The fourth-order valence-electron chi connectivity index (χ4n) is 3.11. The minimum atomic E-state index is -2.96. The molecule has 1 N–H and O–H groups in total. The Labute approximate surface area is 171 Å². The first-order valence-electron chi connectivity index (χ1n) is 9.54. The Bertz CT molecular complexity index is 870. The van der Waals surface area contributed by atoms with Gasteiger partial charge in [0.2, 0.25) is 5.91 Å². The summed E-state index contributed by atoms with van der Waals surface area (Å²) < 4.78 is 61.6. The van der Waals surface area contributed by atoms with E-state index in [1.54, 1.807) is 19.1 Å². The van der Waals surface area contributed by atoms with Crippen LogP contribution in [-0.4, -0.2) is 36.6 Å². The van der Waals surface area contributed by atoms with Gasteiger partial charge in [0, 0.05) is 24.3 Å². The second-order valence-corrected chi connectivity index (χ2v) is 6.94. The van der Waals surface area contributed by atoms with Crippen molar-refractivity contribution in [2.75, 3.05) is 18.5 Å². The van der Waals surface area contributed by atoms with Crippen molar-refractivity contribution in [3.05, 3.63) is 53.6 Å². The second-order valence-electron chi connectivity index (χ2n) is 6.94. The van der Waals surface area contributed by atoms with E-state index >= 15 is 0 Å². The summed E-state index contributed by atoms with van der Waals surface area (Å²) in [5.41, 5.74) is 0.803. The minimum Gasteiger partial charge on any atom is -0.490 e. The Balaban J connectivity index is 1.68. The zero-order valence-corrected chi connectivity index (χ0v) is 16.3. The Morgan fingerprint density at radius 1 is 1.13 bits per heavy atom. The number of halogens is 4. The molecule has 0 bridgehead atoms. The van der Waals surface area contributed by atoms with E-state index in [4.69, 9.17) is 4.74 Å². The number of hydrogen-bond acceptors (Lipinski definition) is 4. The molecule has 5 nitrogen and oxygen atoms in total. The van der Waals surface area contributed by atoms with Crippen LogP contribution in [0.1, 0.15) is 25.3 Å². The standard InChI is InChI=1S/C21H22F4N2O3/c1-2-29-19-7-13(3-6-18(19)30-21(24)25)11-27(17-4-5-17)12-20(28)26-16-9-14(22)8-15(23)10-16/h3,6-10,17,21H,2,4-5,11-12H2,1H3,(H,26,28). The van der Waals surface area contributed by atoms with Crippen molar-refractivity contribution < 1.29 is 31.8 Å². The van der Waals surface area contributed by atoms with Crippen molar-refractivity contribution >= 4 is 11.6 Å². The van der Waals surface area contributed by atoms with Crippen LogP contribution >= 0.6 is 0 Å². The van der Waals surface area contributed by atoms with E-state index in [2.05, 4.69) is 10.1 Å². The Kier molecular flexibility index (Phi) is 7.15. The Morgan fingerprint density at radius 2 is 1.83 bits per heavy atom. The lowest BCUT2D eigenvalue weighted by Gasteiger charge is -2.22. The van der Waals surface area contributed by atoms with Gasteiger partial charge in [-0.15, -0.1) is 0 Å². The van der Waals surface area contributed by atoms with Gasteiger partial charge in [-0.05, 0) is 49.6 Å². The molecule has 0 spiro atoms. The summed E-state index contributed by atoms with van der Waals surface area (Å²) in [6, 6.07) is 7.66. The quantitative estimate of drug-likeness (QED) is 0.566. The molecule has 0 heterocycles. The summed E-state index contributed by atoms with van der Waals surface area (Å²) in [5.74, 6) is -1.82. The number of alkyl halides is 2. The average Bonchev–Trinajstić information content (AvgIpc) is 3.47. The monoisotopic (exact) mass is 426 g/mol. The SMILES string of the molecule is CCOc1cc(CN(CC(=O)Nc2cc(F)cc(F)c2)C2CC2)ccc1OC(F)F. The van der Waals surface area contributed by atoms with Gasteiger partial charge >= 0.3 is 6.61 Å². The van der Waals surface area contributed by atoms with E-state index in [1.807, 2.05) is 4.90 Å². The van der Waals surface area contributed by atoms with Gasteiger partial charge in [0.05, 0.1) is 13.2 Å². The normalized spacial score (nSPS) is 13.6. The molecule has 162 valence electrons. The maximum Gasteiger partial charge on any atom is 0.387 e. The first kappa shape index (κ1) is 21.9. The highest BCUT2D eigenvalue weighted by atomic mass is 19.3. The molecular formula is C21H22F4N2O3. The lowest BCUT2D eigenvalue weighted by Crippen LogP contribution is -2.34. The summed E-state index contributed by atoms with van der Waals surface area (Å²) in [5, 5.41) is 2.50. The van der Waals surface area contributed by atoms with Gasteiger partial charge in [0.1, 0.15) is 11.6 Å². The maximum absolute atomic E-state index is 13.3. The van der Waals surface area contributed by atoms with E-state index < -0.39 is 24.2 Å². The average molecular weight is 426 g/mol. The number of rotatable bonds is 10. The molecule has 1 fully saturated rings. The third kappa shape index (κ3) is 6.35. The van der Waals surface area contributed by atoms with E-state index in [1.165, 1.54) is 6.07 Å². The summed E-state index contributed by atoms with van der Waals surface area (Å²) in [4.78, 5) is 14.3. The molecule has 2 aromatic rings. The molecule has 1 amide bonds. The number of carbonyl (C=O) groups is 1. The summed E-state index contributed by atoms with van der Waals surface area (Å²) in [6.07, 6.45) is 1.85. The molecule has 0 radical (unpaired) electrons. The lowest BCUT2D eigenvalue weighted by atomic mass is 10.2. The van der Waals surface area contributed by atoms with Gasteiger partial charge in [-0.2, -0.15) is 8.78 Å². The Hall–Kier alpha value is -2.81. The fraction of sp³-hybridized carbons (Fsp3) is 0.381. The highest BCUT2D eigenvalue weighted by molar-refractivity contribution is 5.92. The predicted molar refractivity (Wildman–Crippen MR) is 103 cm³/mol. The number of nitrogens with one attached hydrogen (secondary N) is 1. The second kappa shape index (κ2) is 9.80. The molecule has 1 saturated carbocycles. The molecule has 0 atom stereocenters. The van der Waals surface area contributed by atoms with Crippen LogP contribution in [0.25, 0.3) is 0 Å². The number of anilines is 1. The van der Waals surface area contributed by atoms with Crippen molar-refractivity contribution in [1.29, 1.82) is 0 Å². The third-order valence-electron chi connectivity index (χ3n) is 4.47. The van der Waals surface area contributed by atoms with Crippen LogP contribution in [0.2, 0.25) is 0 Å². The van der Waals surface area contributed by atoms with Crippen LogP contribution in [-0.2, 0) is 11.3 Å². The molecule has 2 aromatic carbocycles. The maximum atomic E-state index is 13.3. The molecule has 30 heavy (non-hydrogen) atoms. The van der Waals surface area contributed by atoms with Crippen LogP contribution in [0.3, 0.4) is 0 Å². The van der Waals surface area contributed by atoms with E-state index in [-0.39, 0.29) is 36.4 Å². The number of hydrogen-bond donors (Lipinski definition) is 1. The van der Waals surface area contributed by atoms with Crippen LogP contribution < -0.4 is 14.8 Å². The zero-order chi connectivity index (χ0) is 21.7. The molecule has 9 heteroatoms. The number of carbonyl (C=O) groups excluding carboxylic acids is 1. The summed E-state index contributed by atoms with van der Waals surface area (Å²) in [7, 11) is 0. The zero-order valence-electron chi connectivity index (χ0n) is 16.3. The summed E-state index contributed by atoms with van der Waals surface area (Å²) in [6.45, 7) is -0.557. The molecule has 1 aliphatic carbocycles. The number of nitrogens with zero attached hydrogens (tertiary/aromatic N) is 1. The van der Waals surface area contributed by atoms with Gasteiger partial charge in [0.15, 0.2) is 11.5 Å². The third-order valence-corrected chi connectivity index (χ3v) is 4.47. The van der Waals surface area contributed by atoms with Crippen LogP contribution in [0, 0.1) is 11.6 Å². The first-order valence-corrected chi connectivity index (χ1v) is 9.54. The van der Waals surface area contributed by atoms with Crippen molar-refractivity contribution in [2.24, 2.45) is 0 Å². The molecule has 0 aliphatic heterocycles. The molecule has 0 aromatic heterocycles. The fourth-order valence-corrected chi connectivity index (χ4v) is 3.11. The highest BCUT2D eigenvalue weighted by Gasteiger charge is 2.30. The Morgan fingerprint density at radius 3 is 2.43 bits per heavy atom. The van der Waals surface area contributed by atoms with E-state index in [0.717, 1.165) is 36.6 Å². The van der Waals surface area contributed by atoms with Gasteiger partial charge in [-0.3, -0.25) is 9.69 Å². The number of ether oxygens (including phenoxy) is 2. The minimum absolute atomic E-state index is 0.0159. The van der Waals surface area contributed by atoms with Crippen LogP contribution in [0.15, 0.2) is 36.4 Å². The molecule has 0 unspecified atom stereocenters. The van der Waals surface area contributed by atoms with Gasteiger partial charge in [0.25, 0.3) is 0 Å². The van der Waals surface area contributed by atoms with E-state index in [0.29, 0.717) is 6.54 Å². The van der Waals surface area contributed by atoms with Crippen molar-refractivity contribution in [3.8, 4) is 11.5 Å². The van der Waals surface area contributed by atoms with Crippen molar-refractivity contribution in [3.63, 3.8) is 0 Å². The largest absolute Gasteiger partial charge is 0.490 e. The smallest absolute Gasteiger partial charge is 0.387 e. The van der Waals surface area contributed by atoms with Crippen LogP contribution in [0.4, 0.5) is 23.2 Å². The molecular weight excluding hydrogens is 404 g/mol. The molecule has 3 rings (SSSR count). The summed E-state index contributed by atoms with van der Waals surface area (Å²) >= 11 is 0. The topological polar surface area (TPSA) is 50.8 Å². The van der Waals surface area contributed by atoms with E-state index in [9.17, 15) is 22.4 Å².